The van der Waals surface area contributed by atoms with Gasteiger partial charge in [-0.3, -0.25) is 4.79 Å². The zero-order valence-corrected chi connectivity index (χ0v) is 11.8. The number of aliphatic carboxylic acids is 1. The van der Waals surface area contributed by atoms with Crippen LogP contribution in [0, 0.1) is 5.41 Å². The van der Waals surface area contributed by atoms with Crippen molar-refractivity contribution in [2.45, 2.75) is 39.5 Å². The van der Waals surface area contributed by atoms with Gasteiger partial charge in [0.05, 0.1) is 12.1 Å². The Labute approximate surface area is 112 Å². The third kappa shape index (κ3) is 3.45. The van der Waals surface area contributed by atoms with Crippen LogP contribution in [0.3, 0.4) is 0 Å². The average Bonchev–Trinajstić information content (AvgIpc) is 2.75. The van der Waals surface area contributed by atoms with Crippen LogP contribution in [-0.4, -0.2) is 29.1 Å². The number of carboxylic acids is 1. The molecule has 100 valence electrons. The van der Waals surface area contributed by atoms with Gasteiger partial charge in [-0.1, -0.05) is 13.8 Å². The molecule has 0 aromatic carbocycles. The van der Waals surface area contributed by atoms with Gasteiger partial charge in [-0.15, -0.1) is 11.3 Å². The highest BCUT2D eigenvalue weighted by Crippen LogP contribution is 2.33. The average molecular weight is 268 g/mol. The zero-order valence-electron chi connectivity index (χ0n) is 11.0. The smallest absolute Gasteiger partial charge is 0.303 e. The maximum Gasteiger partial charge on any atom is 0.303 e. The van der Waals surface area contributed by atoms with Gasteiger partial charge in [-0.05, 0) is 18.3 Å². The summed E-state index contributed by atoms with van der Waals surface area (Å²) in [7, 11) is 0. The van der Waals surface area contributed by atoms with Crippen molar-refractivity contribution in [1.29, 1.82) is 0 Å². The second-order valence-electron chi connectivity index (χ2n) is 5.67. The van der Waals surface area contributed by atoms with Crippen LogP contribution < -0.4 is 4.90 Å². The van der Waals surface area contributed by atoms with E-state index in [4.69, 9.17) is 5.11 Å². The van der Waals surface area contributed by atoms with Gasteiger partial charge in [0.2, 0.25) is 0 Å². The molecule has 0 bridgehead atoms. The predicted octanol–water partition coefficient (Wildman–Crippen LogP) is 2.79. The Bertz CT molecular complexity index is 418. The number of thiazole rings is 1. The minimum Gasteiger partial charge on any atom is -0.481 e. The summed E-state index contributed by atoms with van der Waals surface area (Å²) in [5, 5.41) is 11.7. The van der Waals surface area contributed by atoms with E-state index in [2.05, 4.69) is 23.7 Å². The lowest BCUT2D eigenvalue weighted by Crippen LogP contribution is -2.37. The largest absolute Gasteiger partial charge is 0.481 e. The maximum atomic E-state index is 10.5. The molecule has 1 saturated heterocycles. The Kier molecular flexibility index (Phi) is 3.90. The highest BCUT2D eigenvalue weighted by atomic mass is 32.1. The number of aryl methyl sites for hydroxylation is 1. The van der Waals surface area contributed by atoms with E-state index in [9.17, 15) is 4.79 Å². The van der Waals surface area contributed by atoms with Crippen molar-refractivity contribution in [2.75, 3.05) is 18.0 Å². The lowest BCUT2D eigenvalue weighted by Gasteiger charge is -2.36. The zero-order chi connectivity index (χ0) is 13.2. The standard InChI is InChI=1S/C13H20N2O2S/c1-13(2)5-7-15(8-6-13)12-14-10(9-18-12)3-4-11(16)17/h9H,3-8H2,1-2H3,(H,16,17). The van der Waals surface area contributed by atoms with Gasteiger partial charge >= 0.3 is 5.97 Å². The Balaban J connectivity index is 1.92. The minimum atomic E-state index is -0.760. The summed E-state index contributed by atoms with van der Waals surface area (Å²) in [4.78, 5) is 17.4. The number of piperidine rings is 1. The van der Waals surface area contributed by atoms with Gasteiger partial charge in [0.1, 0.15) is 0 Å². The molecule has 1 fully saturated rings. The molecule has 1 aromatic heterocycles. The lowest BCUT2D eigenvalue weighted by molar-refractivity contribution is -0.136. The number of nitrogens with zero attached hydrogens (tertiary/aromatic N) is 2. The molecule has 0 aliphatic carbocycles. The van der Waals surface area contributed by atoms with Crippen molar-refractivity contribution in [3.05, 3.63) is 11.1 Å². The van der Waals surface area contributed by atoms with E-state index >= 15 is 0 Å². The fourth-order valence-corrected chi connectivity index (χ4v) is 3.01. The van der Waals surface area contributed by atoms with E-state index in [0.29, 0.717) is 11.8 Å². The van der Waals surface area contributed by atoms with Crippen LogP contribution in [0.4, 0.5) is 5.13 Å². The lowest BCUT2D eigenvalue weighted by atomic mass is 9.83. The van der Waals surface area contributed by atoms with Crippen molar-refractivity contribution in [2.24, 2.45) is 5.41 Å². The summed E-state index contributed by atoms with van der Waals surface area (Å²) in [5.41, 5.74) is 1.35. The molecule has 5 heteroatoms. The molecule has 4 nitrogen and oxygen atoms in total. The van der Waals surface area contributed by atoms with E-state index in [-0.39, 0.29) is 6.42 Å². The normalized spacial score (nSPS) is 18.9. The van der Waals surface area contributed by atoms with Crippen LogP contribution in [0.15, 0.2) is 5.38 Å². The molecule has 1 N–H and O–H groups in total. The first-order valence-electron chi connectivity index (χ1n) is 6.37. The number of carbonyl (C=O) groups is 1. The van der Waals surface area contributed by atoms with Crippen molar-refractivity contribution >= 4 is 22.4 Å². The molecule has 1 aliphatic heterocycles. The summed E-state index contributed by atoms with van der Waals surface area (Å²) >= 11 is 1.63. The number of rotatable bonds is 4. The fourth-order valence-electron chi connectivity index (χ4n) is 2.09. The summed E-state index contributed by atoms with van der Waals surface area (Å²) < 4.78 is 0. The van der Waals surface area contributed by atoms with Gasteiger partial charge in [-0.2, -0.15) is 0 Å². The van der Waals surface area contributed by atoms with Crippen LogP contribution >= 0.6 is 11.3 Å². The van der Waals surface area contributed by atoms with E-state index in [1.54, 1.807) is 11.3 Å². The number of aromatic nitrogens is 1. The minimum absolute atomic E-state index is 0.163. The van der Waals surface area contributed by atoms with Gasteiger partial charge < -0.3 is 10.0 Å². The monoisotopic (exact) mass is 268 g/mol. The molecular formula is C13H20N2O2S. The van der Waals surface area contributed by atoms with Gasteiger partial charge in [-0.25, -0.2) is 4.98 Å². The first-order chi connectivity index (χ1) is 8.46. The van der Waals surface area contributed by atoms with Crippen molar-refractivity contribution < 1.29 is 9.90 Å². The summed E-state index contributed by atoms with van der Waals surface area (Å²) in [6.07, 6.45) is 3.08. The summed E-state index contributed by atoms with van der Waals surface area (Å²) in [5.74, 6) is -0.760. The van der Waals surface area contributed by atoms with Gasteiger partial charge in [0.25, 0.3) is 0 Å². The Morgan fingerprint density at radius 2 is 2.17 bits per heavy atom. The molecule has 18 heavy (non-hydrogen) atoms. The molecular weight excluding hydrogens is 248 g/mol. The second-order valence-corrected chi connectivity index (χ2v) is 6.50. The Morgan fingerprint density at radius 3 is 2.78 bits per heavy atom. The highest BCUT2D eigenvalue weighted by molar-refractivity contribution is 7.13. The van der Waals surface area contributed by atoms with E-state index in [1.165, 1.54) is 12.8 Å². The van der Waals surface area contributed by atoms with E-state index in [1.807, 2.05) is 5.38 Å². The van der Waals surface area contributed by atoms with Gasteiger partial charge in [0, 0.05) is 24.9 Å². The molecule has 0 unspecified atom stereocenters. The second kappa shape index (κ2) is 5.26. The van der Waals surface area contributed by atoms with E-state index in [0.717, 1.165) is 23.9 Å². The third-order valence-electron chi connectivity index (χ3n) is 3.52. The summed E-state index contributed by atoms with van der Waals surface area (Å²) in [6, 6.07) is 0. The topological polar surface area (TPSA) is 53.4 Å². The van der Waals surface area contributed by atoms with Crippen molar-refractivity contribution in [1.82, 2.24) is 4.98 Å². The van der Waals surface area contributed by atoms with Crippen LogP contribution in [0.25, 0.3) is 0 Å². The quantitative estimate of drug-likeness (QED) is 0.912. The number of hydrogen-bond acceptors (Lipinski definition) is 4. The van der Waals surface area contributed by atoms with Crippen LogP contribution in [0.1, 0.15) is 38.8 Å². The molecule has 0 radical (unpaired) electrons. The van der Waals surface area contributed by atoms with Crippen molar-refractivity contribution in [3.63, 3.8) is 0 Å². The number of hydrogen-bond donors (Lipinski definition) is 1. The number of carboxylic acid groups (broad SMARTS) is 1. The Morgan fingerprint density at radius 1 is 1.50 bits per heavy atom. The van der Waals surface area contributed by atoms with Crippen LogP contribution in [0.2, 0.25) is 0 Å². The molecule has 0 saturated carbocycles. The molecule has 1 aliphatic rings. The first kappa shape index (κ1) is 13.3. The molecule has 0 amide bonds. The molecule has 2 rings (SSSR count). The number of anilines is 1. The van der Waals surface area contributed by atoms with Gasteiger partial charge in [0.15, 0.2) is 5.13 Å². The van der Waals surface area contributed by atoms with Crippen molar-refractivity contribution in [3.8, 4) is 0 Å². The molecule has 2 heterocycles. The van der Waals surface area contributed by atoms with E-state index < -0.39 is 5.97 Å². The molecule has 0 atom stereocenters. The summed E-state index contributed by atoms with van der Waals surface area (Å²) in [6.45, 7) is 6.73. The third-order valence-corrected chi connectivity index (χ3v) is 4.47. The van der Waals surface area contributed by atoms with Crippen LogP contribution in [0.5, 0.6) is 0 Å². The fraction of sp³-hybridized carbons (Fsp3) is 0.692. The maximum absolute atomic E-state index is 10.5. The Hall–Kier alpha value is -1.10. The molecule has 1 aromatic rings. The predicted molar refractivity (Wildman–Crippen MR) is 73.3 cm³/mol. The first-order valence-corrected chi connectivity index (χ1v) is 7.25. The molecule has 0 spiro atoms. The highest BCUT2D eigenvalue weighted by Gasteiger charge is 2.26. The SMILES string of the molecule is CC1(C)CCN(c2nc(CCC(=O)O)cs2)CC1. The van der Waals surface area contributed by atoms with Crippen LogP contribution in [-0.2, 0) is 11.2 Å².